The highest BCUT2D eigenvalue weighted by Gasteiger charge is 2.22. The maximum absolute atomic E-state index is 4.39. The van der Waals surface area contributed by atoms with Crippen LogP contribution in [0.5, 0.6) is 0 Å². The average molecular weight is 308 g/mol. The lowest BCUT2D eigenvalue weighted by molar-refractivity contribution is 0.498. The second kappa shape index (κ2) is 3.73. The van der Waals surface area contributed by atoms with E-state index in [1.54, 1.807) is 0 Å². The highest BCUT2D eigenvalue weighted by atomic mass is 79.9. The van der Waals surface area contributed by atoms with Crippen molar-refractivity contribution in [2.45, 2.75) is 38.6 Å². The first-order valence-corrected chi connectivity index (χ1v) is 6.18. The molecule has 0 aliphatic heterocycles. The molecular weight excluding hydrogens is 296 g/mol. The van der Waals surface area contributed by atoms with Crippen molar-refractivity contribution in [2.24, 2.45) is 0 Å². The van der Waals surface area contributed by atoms with E-state index in [9.17, 15) is 0 Å². The fourth-order valence-electron chi connectivity index (χ4n) is 2.07. The van der Waals surface area contributed by atoms with Crippen molar-refractivity contribution in [2.75, 3.05) is 0 Å². The van der Waals surface area contributed by atoms with Crippen molar-refractivity contribution in [1.82, 2.24) is 9.55 Å². The molecule has 0 amide bonds. The summed E-state index contributed by atoms with van der Waals surface area (Å²) in [6.45, 7) is 2.06. The molecule has 4 heteroatoms. The number of nitrogens with zero attached hydrogens (tertiary/aromatic N) is 2. The number of imidazole rings is 1. The minimum atomic E-state index is 0.660. The van der Waals surface area contributed by atoms with Gasteiger partial charge in [-0.05, 0) is 51.6 Å². The topological polar surface area (TPSA) is 17.8 Å². The molecule has 1 aromatic rings. The van der Waals surface area contributed by atoms with E-state index >= 15 is 0 Å². The maximum atomic E-state index is 4.39. The summed E-state index contributed by atoms with van der Waals surface area (Å²) in [7, 11) is 0. The van der Waals surface area contributed by atoms with Crippen LogP contribution in [0.3, 0.4) is 0 Å². The fourth-order valence-corrected chi connectivity index (χ4v) is 3.15. The second-order valence-electron chi connectivity index (χ2n) is 3.55. The monoisotopic (exact) mass is 306 g/mol. The van der Waals surface area contributed by atoms with Crippen molar-refractivity contribution in [3.05, 3.63) is 15.0 Å². The van der Waals surface area contributed by atoms with Crippen molar-refractivity contribution >= 4 is 31.9 Å². The van der Waals surface area contributed by atoms with Gasteiger partial charge in [-0.15, -0.1) is 0 Å². The van der Waals surface area contributed by atoms with Gasteiger partial charge < -0.3 is 4.57 Å². The van der Waals surface area contributed by atoms with Gasteiger partial charge in [-0.1, -0.05) is 12.8 Å². The molecule has 2 nitrogen and oxygen atoms in total. The van der Waals surface area contributed by atoms with E-state index in [0.29, 0.717) is 6.04 Å². The molecule has 0 saturated heterocycles. The molecule has 0 spiro atoms. The molecule has 1 saturated carbocycles. The smallest absolute Gasteiger partial charge is 0.139 e. The Morgan fingerprint density at radius 1 is 1.31 bits per heavy atom. The van der Waals surface area contributed by atoms with Crippen molar-refractivity contribution in [1.29, 1.82) is 0 Å². The second-order valence-corrected chi connectivity index (χ2v) is 5.05. The highest BCUT2D eigenvalue weighted by molar-refractivity contribution is 9.13. The SMILES string of the molecule is Cc1nc(Br)c(Br)n1C1CCCC1. The summed E-state index contributed by atoms with van der Waals surface area (Å²) in [5, 5.41) is 0. The summed E-state index contributed by atoms with van der Waals surface area (Å²) in [5.74, 6) is 1.10. The van der Waals surface area contributed by atoms with E-state index in [-0.39, 0.29) is 0 Å². The van der Waals surface area contributed by atoms with Crippen LogP contribution in [0.4, 0.5) is 0 Å². The van der Waals surface area contributed by atoms with Gasteiger partial charge in [0.15, 0.2) is 0 Å². The van der Waals surface area contributed by atoms with E-state index in [2.05, 4.69) is 48.3 Å². The molecular formula is C9H12Br2N2. The molecule has 0 aromatic carbocycles. The van der Waals surface area contributed by atoms with Crippen LogP contribution >= 0.6 is 31.9 Å². The normalized spacial score (nSPS) is 18.4. The Labute approximate surface area is 95.0 Å². The molecule has 72 valence electrons. The number of aromatic nitrogens is 2. The third-order valence-electron chi connectivity index (χ3n) is 2.68. The molecule has 1 aliphatic carbocycles. The Morgan fingerprint density at radius 3 is 2.38 bits per heavy atom. The molecule has 1 aromatic heterocycles. The van der Waals surface area contributed by atoms with E-state index in [1.165, 1.54) is 25.7 Å². The number of rotatable bonds is 1. The van der Waals surface area contributed by atoms with Crippen molar-refractivity contribution in [3.63, 3.8) is 0 Å². The Balaban J connectivity index is 2.37. The minimum Gasteiger partial charge on any atom is -0.319 e. The van der Waals surface area contributed by atoms with Crippen LogP contribution in [0.2, 0.25) is 0 Å². The largest absolute Gasteiger partial charge is 0.319 e. The van der Waals surface area contributed by atoms with Crippen molar-refractivity contribution in [3.8, 4) is 0 Å². The van der Waals surface area contributed by atoms with Gasteiger partial charge in [0.05, 0.1) is 0 Å². The molecule has 0 N–H and O–H groups in total. The predicted octanol–water partition coefficient (Wildman–Crippen LogP) is 3.83. The minimum absolute atomic E-state index is 0.660. The third-order valence-corrected chi connectivity index (χ3v) is 4.52. The predicted molar refractivity (Wildman–Crippen MR) is 59.9 cm³/mol. The first-order chi connectivity index (χ1) is 6.20. The quantitative estimate of drug-likeness (QED) is 0.771. The summed E-state index contributed by atoms with van der Waals surface area (Å²) in [5.41, 5.74) is 0. The van der Waals surface area contributed by atoms with E-state index in [1.807, 2.05) is 0 Å². The number of hydrogen-bond acceptors (Lipinski definition) is 1. The molecule has 0 radical (unpaired) electrons. The van der Waals surface area contributed by atoms with Crippen LogP contribution in [0.15, 0.2) is 9.21 Å². The zero-order valence-electron chi connectivity index (χ0n) is 7.56. The standard InChI is InChI=1S/C9H12Br2N2/c1-6-12-8(10)9(11)13(6)7-4-2-3-5-7/h7H,2-5H2,1H3. The van der Waals surface area contributed by atoms with E-state index < -0.39 is 0 Å². The highest BCUT2D eigenvalue weighted by Crippen LogP contribution is 2.35. The Bertz CT molecular complexity index is 314. The van der Waals surface area contributed by atoms with Gasteiger partial charge in [-0.2, -0.15) is 0 Å². The average Bonchev–Trinajstić information content (AvgIpc) is 2.63. The van der Waals surface area contributed by atoms with Gasteiger partial charge in [0.25, 0.3) is 0 Å². The first kappa shape index (κ1) is 9.71. The Hall–Kier alpha value is 0.170. The zero-order chi connectivity index (χ0) is 9.42. The molecule has 0 unspecified atom stereocenters. The van der Waals surface area contributed by atoms with Crippen molar-refractivity contribution < 1.29 is 0 Å². The van der Waals surface area contributed by atoms with Crippen LogP contribution in [0, 0.1) is 6.92 Å². The van der Waals surface area contributed by atoms with E-state index in [0.717, 1.165) is 15.0 Å². The molecule has 1 heterocycles. The van der Waals surface area contributed by atoms with Gasteiger partial charge >= 0.3 is 0 Å². The zero-order valence-corrected chi connectivity index (χ0v) is 10.7. The molecule has 0 atom stereocenters. The molecule has 1 aliphatic rings. The number of halogens is 2. The Kier molecular flexibility index (Phi) is 2.79. The van der Waals surface area contributed by atoms with Crippen LogP contribution in [-0.2, 0) is 0 Å². The molecule has 13 heavy (non-hydrogen) atoms. The van der Waals surface area contributed by atoms with Crippen LogP contribution in [0.1, 0.15) is 37.5 Å². The Morgan fingerprint density at radius 2 is 1.92 bits per heavy atom. The first-order valence-electron chi connectivity index (χ1n) is 4.60. The summed E-state index contributed by atoms with van der Waals surface area (Å²) < 4.78 is 4.32. The lowest BCUT2D eigenvalue weighted by Crippen LogP contribution is -2.06. The van der Waals surface area contributed by atoms with Gasteiger partial charge in [-0.3, -0.25) is 0 Å². The summed E-state index contributed by atoms with van der Waals surface area (Å²) in [6.07, 6.45) is 5.29. The summed E-state index contributed by atoms with van der Waals surface area (Å²) >= 11 is 7.00. The van der Waals surface area contributed by atoms with Gasteiger partial charge in [0.2, 0.25) is 0 Å². The lowest BCUT2D eigenvalue weighted by Gasteiger charge is -2.14. The molecule has 0 bridgehead atoms. The third kappa shape index (κ3) is 1.71. The number of hydrogen-bond donors (Lipinski definition) is 0. The van der Waals surface area contributed by atoms with Crippen LogP contribution < -0.4 is 0 Å². The lowest BCUT2D eigenvalue weighted by atomic mass is 10.2. The van der Waals surface area contributed by atoms with Gasteiger partial charge in [-0.25, -0.2) is 4.98 Å². The molecule has 2 rings (SSSR count). The van der Waals surface area contributed by atoms with Crippen LogP contribution in [-0.4, -0.2) is 9.55 Å². The molecule has 1 fully saturated rings. The maximum Gasteiger partial charge on any atom is 0.139 e. The van der Waals surface area contributed by atoms with E-state index in [4.69, 9.17) is 0 Å². The van der Waals surface area contributed by atoms with Gasteiger partial charge in [0.1, 0.15) is 15.0 Å². The fraction of sp³-hybridized carbons (Fsp3) is 0.667. The summed E-state index contributed by atoms with van der Waals surface area (Å²) in [4.78, 5) is 4.39. The number of aryl methyl sites for hydroxylation is 1. The summed E-state index contributed by atoms with van der Waals surface area (Å²) in [6, 6.07) is 0.660. The van der Waals surface area contributed by atoms with Gasteiger partial charge in [0, 0.05) is 6.04 Å². The van der Waals surface area contributed by atoms with Crippen LogP contribution in [0.25, 0.3) is 0 Å².